The summed E-state index contributed by atoms with van der Waals surface area (Å²) < 4.78 is 0. The van der Waals surface area contributed by atoms with Gasteiger partial charge in [-0.05, 0) is 78.6 Å². The number of hydrogen-bond donors (Lipinski definition) is 0. The molecular formula is C29H28. The van der Waals surface area contributed by atoms with Gasteiger partial charge < -0.3 is 0 Å². The fourth-order valence-electron chi connectivity index (χ4n) is 4.63. The molecule has 0 bridgehead atoms. The summed E-state index contributed by atoms with van der Waals surface area (Å²) in [5.41, 5.74) is 13.5. The van der Waals surface area contributed by atoms with Crippen molar-refractivity contribution in [3.8, 4) is 22.3 Å². The minimum absolute atomic E-state index is 0.930. The second-order valence-electron chi connectivity index (χ2n) is 8.14. The molecule has 0 heteroatoms. The van der Waals surface area contributed by atoms with E-state index in [1.54, 1.807) is 0 Å². The first-order valence-corrected chi connectivity index (χ1v) is 10.3. The second kappa shape index (κ2) is 8.09. The summed E-state index contributed by atoms with van der Waals surface area (Å²) in [6.07, 6.45) is 0.930. The van der Waals surface area contributed by atoms with Crippen LogP contribution in [0.4, 0.5) is 0 Å². The molecule has 0 saturated heterocycles. The quantitative estimate of drug-likeness (QED) is 0.340. The average Bonchev–Trinajstić information content (AvgIpc) is 2.68. The SMILES string of the molecule is Cc1cc(C)c(-c2ccccc2)c(Cc2cc(C)cc(C)c2-c2ccccc2)c1. The highest BCUT2D eigenvalue weighted by atomic mass is 14.2. The van der Waals surface area contributed by atoms with Gasteiger partial charge in [-0.2, -0.15) is 0 Å². The van der Waals surface area contributed by atoms with E-state index in [4.69, 9.17) is 0 Å². The van der Waals surface area contributed by atoms with E-state index in [9.17, 15) is 0 Å². The summed E-state index contributed by atoms with van der Waals surface area (Å²) in [7, 11) is 0. The lowest BCUT2D eigenvalue weighted by Gasteiger charge is -2.19. The molecule has 0 nitrogen and oxygen atoms in total. The molecule has 29 heavy (non-hydrogen) atoms. The van der Waals surface area contributed by atoms with Crippen LogP contribution in [-0.4, -0.2) is 0 Å². The van der Waals surface area contributed by atoms with Crippen LogP contribution in [0.15, 0.2) is 84.9 Å². The molecule has 4 aromatic carbocycles. The van der Waals surface area contributed by atoms with Crippen LogP contribution in [0.1, 0.15) is 33.4 Å². The van der Waals surface area contributed by atoms with Gasteiger partial charge in [0.2, 0.25) is 0 Å². The first-order chi connectivity index (χ1) is 14.0. The normalized spacial score (nSPS) is 10.9. The summed E-state index contributed by atoms with van der Waals surface area (Å²) in [5.74, 6) is 0. The Kier molecular flexibility index (Phi) is 5.36. The van der Waals surface area contributed by atoms with Crippen LogP contribution in [0, 0.1) is 27.7 Å². The molecule has 0 heterocycles. The smallest absolute Gasteiger partial charge is 0.00131 e. The average molecular weight is 377 g/mol. The van der Waals surface area contributed by atoms with Gasteiger partial charge in [0.1, 0.15) is 0 Å². The van der Waals surface area contributed by atoms with E-state index in [2.05, 4.69) is 113 Å². The molecular weight excluding hydrogens is 348 g/mol. The summed E-state index contributed by atoms with van der Waals surface area (Å²) >= 11 is 0. The summed E-state index contributed by atoms with van der Waals surface area (Å²) in [6.45, 7) is 8.87. The Bertz CT molecular complexity index is 1040. The molecule has 0 atom stereocenters. The standard InChI is InChI=1S/C29H28/c1-20-15-22(3)28(24-11-7-5-8-12-24)26(17-20)19-27-18-21(2)16-23(4)29(27)25-13-9-6-10-14-25/h5-18H,19H2,1-4H3. The Morgan fingerprint density at radius 1 is 0.483 bits per heavy atom. The summed E-state index contributed by atoms with van der Waals surface area (Å²) in [4.78, 5) is 0. The van der Waals surface area contributed by atoms with Gasteiger partial charge >= 0.3 is 0 Å². The first-order valence-electron chi connectivity index (χ1n) is 10.3. The second-order valence-corrected chi connectivity index (χ2v) is 8.14. The highest BCUT2D eigenvalue weighted by Crippen LogP contribution is 2.35. The molecule has 0 aliphatic heterocycles. The van der Waals surface area contributed by atoms with Crippen LogP contribution >= 0.6 is 0 Å². The Labute approximate surface area is 174 Å². The third-order valence-corrected chi connectivity index (χ3v) is 5.63. The third-order valence-electron chi connectivity index (χ3n) is 5.63. The molecule has 0 spiro atoms. The van der Waals surface area contributed by atoms with Gasteiger partial charge in [-0.3, -0.25) is 0 Å². The van der Waals surface area contributed by atoms with Gasteiger partial charge in [-0.1, -0.05) is 96.1 Å². The molecule has 4 aromatic rings. The highest BCUT2D eigenvalue weighted by molar-refractivity contribution is 5.75. The molecule has 144 valence electrons. The third kappa shape index (κ3) is 4.03. The maximum absolute atomic E-state index is 2.36. The Hall–Kier alpha value is -3.12. The van der Waals surface area contributed by atoms with E-state index >= 15 is 0 Å². The molecule has 0 N–H and O–H groups in total. The number of benzene rings is 4. The van der Waals surface area contributed by atoms with Gasteiger partial charge in [0.15, 0.2) is 0 Å². The Morgan fingerprint density at radius 2 is 0.862 bits per heavy atom. The summed E-state index contributed by atoms with van der Waals surface area (Å²) in [5, 5.41) is 0. The van der Waals surface area contributed by atoms with E-state index in [1.165, 1.54) is 55.6 Å². The van der Waals surface area contributed by atoms with Crippen LogP contribution in [0.3, 0.4) is 0 Å². The fourth-order valence-corrected chi connectivity index (χ4v) is 4.63. The zero-order chi connectivity index (χ0) is 20.4. The molecule has 0 radical (unpaired) electrons. The van der Waals surface area contributed by atoms with Crippen molar-refractivity contribution in [2.75, 3.05) is 0 Å². The molecule has 0 amide bonds. The van der Waals surface area contributed by atoms with Crippen molar-refractivity contribution in [2.24, 2.45) is 0 Å². The van der Waals surface area contributed by atoms with Gasteiger partial charge in [0.05, 0.1) is 0 Å². The molecule has 0 aromatic heterocycles. The number of aryl methyl sites for hydroxylation is 4. The molecule has 0 aliphatic rings. The van der Waals surface area contributed by atoms with Crippen LogP contribution in [0.5, 0.6) is 0 Å². The first kappa shape index (κ1) is 19.2. The van der Waals surface area contributed by atoms with E-state index < -0.39 is 0 Å². The van der Waals surface area contributed by atoms with Crippen molar-refractivity contribution < 1.29 is 0 Å². The van der Waals surface area contributed by atoms with Crippen molar-refractivity contribution in [2.45, 2.75) is 34.1 Å². The Balaban J connectivity index is 1.90. The van der Waals surface area contributed by atoms with Crippen molar-refractivity contribution in [1.82, 2.24) is 0 Å². The van der Waals surface area contributed by atoms with Crippen LogP contribution in [0.2, 0.25) is 0 Å². The fraction of sp³-hybridized carbons (Fsp3) is 0.172. The van der Waals surface area contributed by atoms with Crippen LogP contribution < -0.4 is 0 Å². The minimum Gasteiger partial charge on any atom is -0.0622 e. The molecule has 0 saturated carbocycles. The van der Waals surface area contributed by atoms with Crippen LogP contribution in [-0.2, 0) is 6.42 Å². The molecule has 0 unspecified atom stereocenters. The largest absolute Gasteiger partial charge is 0.0622 e. The van der Waals surface area contributed by atoms with E-state index in [1.807, 2.05) is 0 Å². The van der Waals surface area contributed by atoms with E-state index in [0.717, 1.165) is 6.42 Å². The topological polar surface area (TPSA) is 0 Å². The zero-order valence-corrected chi connectivity index (χ0v) is 17.8. The Morgan fingerprint density at radius 3 is 1.24 bits per heavy atom. The lowest BCUT2D eigenvalue weighted by atomic mass is 9.86. The number of hydrogen-bond acceptors (Lipinski definition) is 0. The maximum Gasteiger partial charge on any atom is -0.00131 e. The molecule has 0 fully saturated rings. The lowest BCUT2D eigenvalue weighted by Crippen LogP contribution is -2.00. The van der Waals surface area contributed by atoms with Gasteiger partial charge in [-0.15, -0.1) is 0 Å². The van der Waals surface area contributed by atoms with Gasteiger partial charge in [0.25, 0.3) is 0 Å². The van der Waals surface area contributed by atoms with E-state index in [-0.39, 0.29) is 0 Å². The monoisotopic (exact) mass is 376 g/mol. The van der Waals surface area contributed by atoms with Crippen molar-refractivity contribution in [3.63, 3.8) is 0 Å². The minimum atomic E-state index is 0.930. The van der Waals surface area contributed by atoms with Crippen molar-refractivity contribution >= 4 is 0 Å². The van der Waals surface area contributed by atoms with Crippen molar-refractivity contribution in [1.29, 1.82) is 0 Å². The predicted molar refractivity (Wildman–Crippen MR) is 126 cm³/mol. The zero-order valence-electron chi connectivity index (χ0n) is 17.8. The predicted octanol–water partition coefficient (Wildman–Crippen LogP) is 7.85. The molecule has 0 aliphatic carbocycles. The summed E-state index contributed by atoms with van der Waals surface area (Å²) in [6, 6.07) is 30.9. The molecule has 4 rings (SSSR count). The van der Waals surface area contributed by atoms with Gasteiger partial charge in [-0.25, -0.2) is 0 Å². The van der Waals surface area contributed by atoms with E-state index in [0.29, 0.717) is 0 Å². The highest BCUT2D eigenvalue weighted by Gasteiger charge is 2.15. The maximum atomic E-state index is 2.36. The van der Waals surface area contributed by atoms with Crippen LogP contribution in [0.25, 0.3) is 22.3 Å². The van der Waals surface area contributed by atoms with Gasteiger partial charge in [0, 0.05) is 0 Å². The number of rotatable bonds is 4. The lowest BCUT2D eigenvalue weighted by molar-refractivity contribution is 1.15. The van der Waals surface area contributed by atoms with Crippen molar-refractivity contribution in [3.05, 3.63) is 118 Å².